The predicted octanol–water partition coefficient (Wildman–Crippen LogP) is 1.53. The van der Waals surface area contributed by atoms with Crippen LogP contribution in [-0.4, -0.2) is 29.0 Å². The van der Waals surface area contributed by atoms with E-state index >= 15 is 0 Å². The van der Waals surface area contributed by atoms with Gasteiger partial charge in [-0.15, -0.1) is 0 Å². The third kappa shape index (κ3) is 3.19. The average Bonchev–Trinajstić information content (AvgIpc) is 2.77. The van der Waals surface area contributed by atoms with Crippen LogP contribution in [0.3, 0.4) is 0 Å². The third-order valence-electron chi connectivity index (χ3n) is 2.47. The standard InChI is InChI=1S/C13H12N2O4/c16-11(17)6-7-14-8-10-12(15-19-13(10)18)9-4-2-1-3-5-9/h1-5,8,15H,6-7H2,(H,16,17). The number of aromatic amines is 1. The Morgan fingerprint density at radius 3 is 2.79 bits per heavy atom. The van der Waals surface area contributed by atoms with E-state index in [9.17, 15) is 9.59 Å². The number of carboxylic acid groups (broad SMARTS) is 1. The molecule has 2 N–H and O–H groups in total. The van der Waals surface area contributed by atoms with Gasteiger partial charge in [0.05, 0.1) is 12.1 Å². The van der Waals surface area contributed by atoms with E-state index in [1.54, 1.807) is 0 Å². The Labute approximate surface area is 108 Å². The van der Waals surface area contributed by atoms with Crippen LogP contribution in [0, 0.1) is 0 Å². The molecule has 1 aromatic carbocycles. The fourth-order valence-electron chi connectivity index (χ4n) is 1.56. The van der Waals surface area contributed by atoms with Gasteiger partial charge in [0, 0.05) is 18.3 Å². The summed E-state index contributed by atoms with van der Waals surface area (Å²) in [5, 5.41) is 11.0. The molecule has 1 aromatic heterocycles. The molecule has 0 atom stereocenters. The lowest BCUT2D eigenvalue weighted by Crippen LogP contribution is -2.03. The molecular weight excluding hydrogens is 248 g/mol. The van der Waals surface area contributed by atoms with E-state index in [2.05, 4.69) is 10.1 Å². The highest BCUT2D eigenvalue weighted by atomic mass is 16.5. The number of carbonyl (C=O) groups is 1. The smallest absolute Gasteiger partial charge is 0.366 e. The van der Waals surface area contributed by atoms with Gasteiger partial charge < -0.3 is 9.63 Å². The number of hydrogen-bond donors (Lipinski definition) is 2. The molecule has 2 aromatic rings. The van der Waals surface area contributed by atoms with Crippen molar-refractivity contribution in [3.63, 3.8) is 0 Å². The first-order chi connectivity index (χ1) is 9.18. The lowest BCUT2D eigenvalue weighted by molar-refractivity contribution is -0.136. The van der Waals surface area contributed by atoms with Crippen LogP contribution < -0.4 is 5.63 Å². The van der Waals surface area contributed by atoms with Crippen LogP contribution in [0.25, 0.3) is 11.3 Å². The molecule has 0 spiro atoms. The highest BCUT2D eigenvalue weighted by Crippen LogP contribution is 2.17. The van der Waals surface area contributed by atoms with Gasteiger partial charge >= 0.3 is 11.6 Å². The van der Waals surface area contributed by atoms with Crippen LogP contribution in [0.4, 0.5) is 0 Å². The number of H-pyrrole nitrogens is 1. The number of nitrogens with zero attached hydrogens (tertiary/aromatic N) is 1. The lowest BCUT2D eigenvalue weighted by Gasteiger charge is -1.96. The molecule has 0 unspecified atom stereocenters. The van der Waals surface area contributed by atoms with Crippen molar-refractivity contribution in [1.82, 2.24) is 5.16 Å². The quantitative estimate of drug-likeness (QED) is 0.797. The minimum Gasteiger partial charge on any atom is -0.481 e. The number of hydrogen-bond acceptors (Lipinski definition) is 4. The first kappa shape index (κ1) is 12.8. The van der Waals surface area contributed by atoms with Crippen molar-refractivity contribution in [1.29, 1.82) is 0 Å². The molecular formula is C13H12N2O4. The predicted molar refractivity (Wildman–Crippen MR) is 69.5 cm³/mol. The molecule has 0 aliphatic heterocycles. The second-order valence-corrected chi connectivity index (χ2v) is 3.83. The van der Waals surface area contributed by atoms with Crippen molar-refractivity contribution in [3.05, 3.63) is 46.3 Å². The van der Waals surface area contributed by atoms with Crippen LogP contribution in [0.5, 0.6) is 0 Å². The maximum atomic E-state index is 11.5. The van der Waals surface area contributed by atoms with E-state index < -0.39 is 11.6 Å². The molecule has 2 rings (SSSR count). The van der Waals surface area contributed by atoms with Gasteiger partial charge in [-0.1, -0.05) is 30.3 Å². The van der Waals surface area contributed by atoms with Gasteiger partial charge in [-0.05, 0) is 0 Å². The molecule has 1 heterocycles. The molecule has 0 radical (unpaired) electrons. The molecule has 0 amide bonds. The highest BCUT2D eigenvalue weighted by molar-refractivity contribution is 5.88. The molecule has 0 saturated heterocycles. The van der Waals surface area contributed by atoms with E-state index in [4.69, 9.17) is 9.63 Å². The minimum atomic E-state index is -0.929. The monoisotopic (exact) mass is 260 g/mol. The van der Waals surface area contributed by atoms with Crippen molar-refractivity contribution in [2.45, 2.75) is 6.42 Å². The third-order valence-corrected chi connectivity index (χ3v) is 2.47. The van der Waals surface area contributed by atoms with Crippen molar-refractivity contribution in [2.24, 2.45) is 4.99 Å². The van der Waals surface area contributed by atoms with E-state index in [0.717, 1.165) is 5.56 Å². The van der Waals surface area contributed by atoms with Crippen LogP contribution >= 0.6 is 0 Å². The number of benzene rings is 1. The molecule has 6 nitrogen and oxygen atoms in total. The molecule has 0 aliphatic rings. The SMILES string of the molecule is O=C(O)CCN=Cc1c(-c2ccccc2)[nH]oc1=O. The first-order valence-corrected chi connectivity index (χ1v) is 5.67. The maximum absolute atomic E-state index is 11.5. The zero-order chi connectivity index (χ0) is 13.7. The van der Waals surface area contributed by atoms with Gasteiger partial charge in [0.2, 0.25) is 0 Å². The number of nitrogens with one attached hydrogen (secondary N) is 1. The molecule has 98 valence electrons. The summed E-state index contributed by atoms with van der Waals surface area (Å²) >= 11 is 0. The summed E-state index contributed by atoms with van der Waals surface area (Å²) in [5.41, 5.74) is 1.09. The van der Waals surface area contributed by atoms with Gasteiger partial charge in [-0.2, -0.15) is 0 Å². The van der Waals surface area contributed by atoms with Crippen LogP contribution in [0.15, 0.2) is 44.6 Å². The maximum Gasteiger partial charge on any atom is 0.366 e. The fraction of sp³-hybridized carbons (Fsp3) is 0.154. The second-order valence-electron chi connectivity index (χ2n) is 3.83. The molecule has 0 aliphatic carbocycles. The van der Waals surface area contributed by atoms with E-state index in [1.807, 2.05) is 30.3 Å². The lowest BCUT2D eigenvalue weighted by atomic mass is 10.1. The summed E-state index contributed by atoms with van der Waals surface area (Å²) in [5.74, 6) is -0.929. The Kier molecular flexibility index (Phi) is 3.92. The van der Waals surface area contributed by atoms with Crippen molar-refractivity contribution in [2.75, 3.05) is 6.54 Å². The highest BCUT2D eigenvalue weighted by Gasteiger charge is 2.11. The molecule has 0 fully saturated rings. The number of aliphatic imine (C=N–C) groups is 1. The Morgan fingerprint density at radius 1 is 1.37 bits per heavy atom. The number of aromatic nitrogens is 1. The number of aliphatic carboxylic acids is 1. The van der Waals surface area contributed by atoms with Gasteiger partial charge in [0.25, 0.3) is 0 Å². The van der Waals surface area contributed by atoms with E-state index in [-0.39, 0.29) is 18.5 Å². The van der Waals surface area contributed by atoms with Crippen LogP contribution in [-0.2, 0) is 4.79 Å². The minimum absolute atomic E-state index is 0.0765. The summed E-state index contributed by atoms with van der Waals surface area (Å²) in [6.45, 7) is 0.119. The summed E-state index contributed by atoms with van der Waals surface area (Å²) < 4.78 is 4.74. The Bertz CT molecular complexity index is 640. The van der Waals surface area contributed by atoms with Crippen LogP contribution in [0.1, 0.15) is 12.0 Å². The van der Waals surface area contributed by atoms with Gasteiger partial charge in [-0.3, -0.25) is 9.79 Å². The molecule has 0 bridgehead atoms. The summed E-state index contributed by atoms with van der Waals surface area (Å²) in [4.78, 5) is 25.8. The average molecular weight is 260 g/mol. The van der Waals surface area contributed by atoms with E-state index in [0.29, 0.717) is 5.69 Å². The summed E-state index contributed by atoms with van der Waals surface area (Å²) in [6, 6.07) is 9.20. The van der Waals surface area contributed by atoms with Gasteiger partial charge in [0.1, 0.15) is 5.56 Å². The van der Waals surface area contributed by atoms with Crippen molar-refractivity contribution in [3.8, 4) is 11.3 Å². The zero-order valence-electron chi connectivity index (χ0n) is 10.00. The molecule has 0 saturated carbocycles. The molecule has 19 heavy (non-hydrogen) atoms. The number of carboxylic acids is 1. The van der Waals surface area contributed by atoms with Gasteiger partial charge in [-0.25, -0.2) is 9.95 Å². The second kappa shape index (κ2) is 5.81. The topological polar surface area (TPSA) is 95.7 Å². The zero-order valence-corrected chi connectivity index (χ0v) is 10.00. The number of rotatable bonds is 5. The Morgan fingerprint density at radius 2 is 2.11 bits per heavy atom. The Balaban J connectivity index is 2.24. The van der Waals surface area contributed by atoms with E-state index in [1.165, 1.54) is 6.21 Å². The molecule has 6 heteroatoms. The van der Waals surface area contributed by atoms with Crippen molar-refractivity contribution >= 4 is 12.2 Å². The van der Waals surface area contributed by atoms with Gasteiger partial charge in [0.15, 0.2) is 0 Å². The first-order valence-electron chi connectivity index (χ1n) is 5.67. The summed E-state index contributed by atoms with van der Waals surface area (Å²) in [6.07, 6.45) is 1.26. The summed E-state index contributed by atoms with van der Waals surface area (Å²) in [7, 11) is 0. The largest absolute Gasteiger partial charge is 0.481 e. The fourth-order valence-corrected chi connectivity index (χ4v) is 1.56. The van der Waals surface area contributed by atoms with Crippen LogP contribution in [0.2, 0.25) is 0 Å². The van der Waals surface area contributed by atoms with Crippen molar-refractivity contribution < 1.29 is 14.4 Å². The Hall–Kier alpha value is -2.63. The normalized spacial score (nSPS) is 10.9.